The van der Waals surface area contributed by atoms with Crippen LogP contribution in [-0.4, -0.2) is 22.6 Å². The summed E-state index contributed by atoms with van der Waals surface area (Å²) in [6, 6.07) is 5.72. The molecule has 0 fully saturated rings. The monoisotopic (exact) mass is 310 g/mol. The van der Waals surface area contributed by atoms with Crippen LogP contribution in [0.25, 0.3) is 0 Å². The lowest BCUT2D eigenvalue weighted by Gasteiger charge is -2.25. The van der Waals surface area contributed by atoms with E-state index in [9.17, 15) is 19.1 Å². The second-order valence-electron chi connectivity index (χ2n) is 6.30. The first-order valence-corrected chi connectivity index (χ1v) is 7.34. The van der Waals surface area contributed by atoms with Gasteiger partial charge in [-0.3, -0.25) is 9.59 Å². The zero-order chi connectivity index (χ0) is 16.9. The SMILES string of the molecule is CCC(c1ccc(F)cc1)C(CC(=O)OC(C)(C)C)C(=O)O. The van der Waals surface area contributed by atoms with Crippen molar-refractivity contribution in [3.8, 4) is 0 Å². The van der Waals surface area contributed by atoms with Crippen LogP contribution in [0, 0.1) is 11.7 Å². The average Bonchev–Trinajstić information content (AvgIpc) is 2.38. The minimum absolute atomic E-state index is 0.206. The quantitative estimate of drug-likeness (QED) is 0.813. The van der Waals surface area contributed by atoms with E-state index in [1.807, 2.05) is 6.92 Å². The van der Waals surface area contributed by atoms with E-state index in [1.165, 1.54) is 12.1 Å². The van der Waals surface area contributed by atoms with Crippen LogP contribution >= 0.6 is 0 Å². The highest BCUT2D eigenvalue weighted by Gasteiger charge is 2.32. The predicted molar refractivity (Wildman–Crippen MR) is 81.0 cm³/mol. The highest BCUT2D eigenvalue weighted by Crippen LogP contribution is 2.31. The van der Waals surface area contributed by atoms with Gasteiger partial charge in [-0.2, -0.15) is 0 Å². The molecule has 0 aliphatic heterocycles. The second-order valence-corrected chi connectivity index (χ2v) is 6.30. The minimum atomic E-state index is -1.05. The smallest absolute Gasteiger partial charge is 0.307 e. The molecule has 0 saturated carbocycles. The Kier molecular flexibility index (Phi) is 6.09. The maximum absolute atomic E-state index is 13.0. The minimum Gasteiger partial charge on any atom is -0.481 e. The Hall–Kier alpha value is -1.91. The summed E-state index contributed by atoms with van der Waals surface area (Å²) in [7, 11) is 0. The molecule has 0 radical (unpaired) electrons. The molecule has 2 unspecified atom stereocenters. The Bertz CT molecular complexity index is 516. The number of esters is 1. The summed E-state index contributed by atoms with van der Waals surface area (Å²) in [5.41, 5.74) is 0.0532. The molecule has 2 atom stereocenters. The fraction of sp³-hybridized carbons (Fsp3) is 0.529. The van der Waals surface area contributed by atoms with Crippen molar-refractivity contribution in [3.63, 3.8) is 0 Å². The van der Waals surface area contributed by atoms with Gasteiger partial charge in [0.1, 0.15) is 11.4 Å². The van der Waals surface area contributed by atoms with Gasteiger partial charge in [0.25, 0.3) is 0 Å². The third-order valence-corrected chi connectivity index (χ3v) is 3.35. The third-order valence-electron chi connectivity index (χ3n) is 3.35. The first kappa shape index (κ1) is 18.1. The fourth-order valence-electron chi connectivity index (χ4n) is 2.43. The number of benzene rings is 1. The number of hydrogen-bond donors (Lipinski definition) is 1. The number of hydrogen-bond acceptors (Lipinski definition) is 3. The number of ether oxygens (including phenoxy) is 1. The second kappa shape index (κ2) is 7.38. The normalized spacial score (nSPS) is 14.2. The number of aliphatic carboxylic acids is 1. The first-order valence-electron chi connectivity index (χ1n) is 7.34. The topological polar surface area (TPSA) is 63.6 Å². The molecule has 0 aromatic heterocycles. The Balaban J connectivity index is 2.94. The van der Waals surface area contributed by atoms with Gasteiger partial charge in [-0.25, -0.2) is 4.39 Å². The van der Waals surface area contributed by atoms with E-state index in [4.69, 9.17) is 4.74 Å². The summed E-state index contributed by atoms with van der Waals surface area (Å²) in [5, 5.41) is 9.46. The molecular formula is C17H23FO4. The number of carboxylic acid groups (broad SMARTS) is 1. The lowest BCUT2D eigenvalue weighted by atomic mass is 9.82. The van der Waals surface area contributed by atoms with Crippen LogP contribution in [0.15, 0.2) is 24.3 Å². The molecule has 122 valence electrons. The number of carbonyl (C=O) groups excluding carboxylic acids is 1. The molecule has 0 amide bonds. The molecule has 0 aliphatic carbocycles. The van der Waals surface area contributed by atoms with E-state index in [0.717, 1.165) is 0 Å². The molecule has 1 N–H and O–H groups in total. The molecule has 5 heteroatoms. The van der Waals surface area contributed by atoms with Gasteiger partial charge in [-0.05, 0) is 50.8 Å². The van der Waals surface area contributed by atoms with Gasteiger partial charge < -0.3 is 9.84 Å². The van der Waals surface area contributed by atoms with E-state index in [0.29, 0.717) is 12.0 Å². The van der Waals surface area contributed by atoms with Crippen molar-refractivity contribution in [1.82, 2.24) is 0 Å². The Morgan fingerprint density at radius 3 is 2.18 bits per heavy atom. The fourth-order valence-corrected chi connectivity index (χ4v) is 2.43. The van der Waals surface area contributed by atoms with Crippen LogP contribution in [-0.2, 0) is 14.3 Å². The van der Waals surface area contributed by atoms with Gasteiger partial charge in [-0.1, -0.05) is 19.1 Å². The van der Waals surface area contributed by atoms with Crippen LogP contribution in [0.1, 0.15) is 52.0 Å². The third kappa shape index (κ3) is 5.47. The largest absolute Gasteiger partial charge is 0.481 e. The standard InChI is InChI=1S/C17H23FO4/c1-5-13(11-6-8-12(18)9-7-11)14(16(20)21)10-15(19)22-17(2,3)4/h6-9,13-14H,5,10H2,1-4H3,(H,20,21). The summed E-state index contributed by atoms with van der Waals surface area (Å²) in [6.07, 6.45) is 0.327. The molecule has 1 aromatic rings. The van der Waals surface area contributed by atoms with Gasteiger partial charge in [0, 0.05) is 0 Å². The van der Waals surface area contributed by atoms with Gasteiger partial charge in [-0.15, -0.1) is 0 Å². The van der Waals surface area contributed by atoms with E-state index in [2.05, 4.69) is 0 Å². The maximum atomic E-state index is 13.0. The van der Waals surface area contributed by atoms with Gasteiger partial charge in [0.2, 0.25) is 0 Å². The van der Waals surface area contributed by atoms with E-state index in [1.54, 1.807) is 32.9 Å². The molecule has 4 nitrogen and oxygen atoms in total. The summed E-state index contributed by atoms with van der Waals surface area (Å²) >= 11 is 0. The molecule has 1 rings (SSSR count). The molecule has 0 bridgehead atoms. The zero-order valence-corrected chi connectivity index (χ0v) is 13.4. The molecule has 0 aliphatic rings. The number of carbonyl (C=O) groups is 2. The van der Waals surface area contributed by atoms with Gasteiger partial charge in [0.05, 0.1) is 12.3 Å². The summed E-state index contributed by atoms with van der Waals surface area (Å²) in [6.45, 7) is 7.05. The molecule has 0 heterocycles. The molecular weight excluding hydrogens is 287 g/mol. The lowest BCUT2D eigenvalue weighted by molar-refractivity contribution is -0.160. The Morgan fingerprint density at radius 2 is 1.77 bits per heavy atom. The predicted octanol–water partition coefficient (Wildman–Crippen LogP) is 3.75. The molecule has 1 aromatic carbocycles. The van der Waals surface area contributed by atoms with Crippen LogP contribution in [0.2, 0.25) is 0 Å². The Morgan fingerprint density at radius 1 is 1.23 bits per heavy atom. The van der Waals surface area contributed by atoms with E-state index < -0.39 is 23.5 Å². The number of rotatable bonds is 6. The van der Waals surface area contributed by atoms with Gasteiger partial charge >= 0.3 is 11.9 Å². The maximum Gasteiger partial charge on any atom is 0.307 e. The molecule has 0 saturated heterocycles. The summed E-state index contributed by atoms with van der Waals surface area (Å²) in [4.78, 5) is 23.5. The average molecular weight is 310 g/mol. The van der Waals surface area contributed by atoms with Crippen LogP contribution in [0.5, 0.6) is 0 Å². The van der Waals surface area contributed by atoms with Crippen LogP contribution < -0.4 is 0 Å². The van der Waals surface area contributed by atoms with Crippen molar-refractivity contribution in [3.05, 3.63) is 35.6 Å². The highest BCUT2D eigenvalue weighted by atomic mass is 19.1. The van der Waals surface area contributed by atoms with Crippen LogP contribution in [0.4, 0.5) is 4.39 Å². The van der Waals surface area contributed by atoms with Crippen molar-refractivity contribution in [2.75, 3.05) is 0 Å². The first-order chi connectivity index (χ1) is 10.1. The van der Waals surface area contributed by atoms with Crippen molar-refractivity contribution in [2.45, 2.75) is 52.1 Å². The van der Waals surface area contributed by atoms with Crippen molar-refractivity contribution in [2.24, 2.45) is 5.92 Å². The molecule has 0 spiro atoms. The summed E-state index contributed by atoms with van der Waals surface area (Å²) < 4.78 is 18.2. The number of halogens is 1. The number of carboxylic acids is 1. The Labute approximate surface area is 130 Å². The van der Waals surface area contributed by atoms with Gasteiger partial charge in [0.15, 0.2) is 0 Å². The lowest BCUT2D eigenvalue weighted by Crippen LogP contribution is -2.30. The van der Waals surface area contributed by atoms with E-state index >= 15 is 0 Å². The summed E-state index contributed by atoms with van der Waals surface area (Å²) in [5.74, 6) is -3.24. The van der Waals surface area contributed by atoms with Crippen LogP contribution in [0.3, 0.4) is 0 Å². The van der Waals surface area contributed by atoms with Crippen molar-refractivity contribution in [1.29, 1.82) is 0 Å². The van der Waals surface area contributed by atoms with Crippen molar-refractivity contribution < 1.29 is 23.8 Å². The van der Waals surface area contributed by atoms with E-state index in [-0.39, 0.29) is 18.2 Å². The highest BCUT2D eigenvalue weighted by molar-refractivity contribution is 5.79. The molecule has 22 heavy (non-hydrogen) atoms. The zero-order valence-electron chi connectivity index (χ0n) is 13.4. The van der Waals surface area contributed by atoms with Crippen molar-refractivity contribution >= 4 is 11.9 Å².